The quantitative estimate of drug-likeness (QED) is 0.525. The Labute approximate surface area is 89.4 Å². The molecular weight excluding hydrogens is 168 g/mol. The molecule has 0 aliphatic heterocycles. The molecule has 14 heavy (non-hydrogen) atoms. The normalized spacial score (nSPS) is 11.1. The van der Waals surface area contributed by atoms with E-state index in [-0.39, 0.29) is 5.41 Å². The lowest BCUT2D eigenvalue weighted by molar-refractivity contribution is 0.437. The summed E-state index contributed by atoms with van der Waals surface area (Å²) in [6, 6.07) is 0. The molecule has 0 heterocycles. The zero-order chi connectivity index (χ0) is 11.4. The van der Waals surface area contributed by atoms with Crippen molar-refractivity contribution in [3.8, 4) is 0 Å². The summed E-state index contributed by atoms with van der Waals surface area (Å²) < 4.78 is 0. The third kappa shape index (κ3) is 5.06. The second-order valence-corrected chi connectivity index (χ2v) is 5.05. The van der Waals surface area contributed by atoms with E-state index in [2.05, 4.69) is 47.4 Å². The van der Waals surface area contributed by atoms with Gasteiger partial charge in [-0.05, 0) is 38.5 Å². The Bertz CT molecular complexity index is 241. The van der Waals surface area contributed by atoms with Crippen LogP contribution in [0, 0.1) is 5.41 Å². The summed E-state index contributed by atoms with van der Waals surface area (Å²) in [5.74, 6) is 0. The highest BCUT2D eigenvalue weighted by molar-refractivity contribution is 5.11. The first kappa shape index (κ1) is 13.2. The number of hydrogen-bond acceptors (Lipinski definition) is 0. The summed E-state index contributed by atoms with van der Waals surface area (Å²) in [6.07, 6.45) is 3.16. The molecule has 0 saturated heterocycles. The molecule has 0 aliphatic rings. The van der Waals surface area contributed by atoms with Crippen LogP contribution in [0.5, 0.6) is 0 Å². The SMILES string of the molecule is C=C(C)CCC(=C)CC(C)(C)C(=C)C. The van der Waals surface area contributed by atoms with Crippen molar-refractivity contribution >= 4 is 0 Å². The van der Waals surface area contributed by atoms with Crippen molar-refractivity contribution in [2.45, 2.75) is 47.0 Å². The fourth-order valence-electron chi connectivity index (χ4n) is 1.25. The van der Waals surface area contributed by atoms with E-state index in [4.69, 9.17) is 0 Å². The molecule has 0 atom stereocenters. The van der Waals surface area contributed by atoms with Crippen molar-refractivity contribution in [3.05, 3.63) is 36.5 Å². The molecule has 0 saturated carbocycles. The van der Waals surface area contributed by atoms with Gasteiger partial charge < -0.3 is 0 Å². The molecule has 80 valence electrons. The van der Waals surface area contributed by atoms with Crippen LogP contribution in [-0.2, 0) is 0 Å². The molecule has 0 N–H and O–H groups in total. The topological polar surface area (TPSA) is 0 Å². The van der Waals surface area contributed by atoms with Crippen LogP contribution < -0.4 is 0 Å². The molecular formula is C14H24. The molecule has 0 amide bonds. The van der Waals surface area contributed by atoms with Gasteiger partial charge in [0.1, 0.15) is 0 Å². The van der Waals surface area contributed by atoms with Crippen LogP contribution >= 0.6 is 0 Å². The van der Waals surface area contributed by atoms with Gasteiger partial charge in [-0.3, -0.25) is 0 Å². The Morgan fingerprint density at radius 2 is 1.50 bits per heavy atom. The molecule has 0 heteroatoms. The molecule has 0 spiro atoms. The maximum Gasteiger partial charge on any atom is -0.0113 e. The van der Waals surface area contributed by atoms with Crippen molar-refractivity contribution in [3.63, 3.8) is 0 Å². The van der Waals surface area contributed by atoms with E-state index >= 15 is 0 Å². The average Bonchev–Trinajstić information content (AvgIpc) is 1.99. The molecule has 0 aromatic carbocycles. The van der Waals surface area contributed by atoms with E-state index in [1.807, 2.05) is 0 Å². The van der Waals surface area contributed by atoms with Gasteiger partial charge in [-0.15, -0.1) is 6.58 Å². The Kier molecular flexibility index (Phi) is 4.90. The summed E-state index contributed by atoms with van der Waals surface area (Å²) >= 11 is 0. The van der Waals surface area contributed by atoms with Crippen molar-refractivity contribution in [2.75, 3.05) is 0 Å². The van der Waals surface area contributed by atoms with Gasteiger partial charge in [-0.25, -0.2) is 0 Å². The predicted molar refractivity (Wildman–Crippen MR) is 66.4 cm³/mol. The molecule has 0 aromatic heterocycles. The summed E-state index contributed by atoms with van der Waals surface area (Å²) in [7, 11) is 0. The molecule has 0 unspecified atom stereocenters. The van der Waals surface area contributed by atoms with Gasteiger partial charge in [0.2, 0.25) is 0 Å². The van der Waals surface area contributed by atoms with E-state index in [9.17, 15) is 0 Å². The third-order valence-electron chi connectivity index (χ3n) is 2.75. The van der Waals surface area contributed by atoms with Crippen LogP contribution in [0.2, 0.25) is 0 Å². The van der Waals surface area contributed by atoms with Crippen LogP contribution in [0.1, 0.15) is 47.0 Å². The first-order valence-electron chi connectivity index (χ1n) is 5.22. The van der Waals surface area contributed by atoms with Gasteiger partial charge in [-0.2, -0.15) is 0 Å². The number of hydrogen-bond donors (Lipinski definition) is 0. The highest BCUT2D eigenvalue weighted by Gasteiger charge is 2.19. The van der Waals surface area contributed by atoms with Crippen molar-refractivity contribution < 1.29 is 0 Å². The second kappa shape index (κ2) is 5.19. The van der Waals surface area contributed by atoms with Gasteiger partial charge in [0.15, 0.2) is 0 Å². The van der Waals surface area contributed by atoms with Gasteiger partial charge in [0.05, 0.1) is 0 Å². The number of allylic oxidation sites excluding steroid dienone is 3. The minimum Gasteiger partial charge on any atom is -0.100 e. The zero-order valence-electron chi connectivity index (χ0n) is 10.2. The largest absolute Gasteiger partial charge is 0.100 e. The maximum absolute atomic E-state index is 4.11. The maximum atomic E-state index is 4.11. The Morgan fingerprint density at radius 3 is 1.86 bits per heavy atom. The van der Waals surface area contributed by atoms with Crippen LogP contribution in [0.3, 0.4) is 0 Å². The van der Waals surface area contributed by atoms with Gasteiger partial charge >= 0.3 is 0 Å². The van der Waals surface area contributed by atoms with Gasteiger partial charge in [0.25, 0.3) is 0 Å². The van der Waals surface area contributed by atoms with Crippen molar-refractivity contribution in [1.82, 2.24) is 0 Å². The van der Waals surface area contributed by atoms with Crippen LogP contribution in [-0.4, -0.2) is 0 Å². The minimum atomic E-state index is 0.187. The molecule has 0 aliphatic carbocycles. The molecule has 0 aromatic rings. The third-order valence-corrected chi connectivity index (χ3v) is 2.75. The van der Waals surface area contributed by atoms with Gasteiger partial charge in [-0.1, -0.05) is 43.7 Å². The summed E-state index contributed by atoms with van der Waals surface area (Å²) in [5, 5.41) is 0. The highest BCUT2D eigenvalue weighted by atomic mass is 14.2. The first-order chi connectivity index (χ1) is 6.25. The molecule has 0 bridgehead atoms. The minimum absolute atomic E-state index is 0.187. The summed E-state index contributed by atoms with van der Waals surface area (Å²) in [6.45, 7) is 20.6. The van der Waals surface area contributed by atoms with E-state index < -0.39 is 0 Å². The fourth-order valence-corrected chi connectivity index (χ4v) is 1.25. The first-order valence-corrected chi connectivity index (χ1v) is 5.22. The smallest absolute Gasteiger partial charge is 0.0113 e. The monoisotopic (exact) mass is 192 g/mol. The Morgan fingerprint density at radius 1 is 1.00 bits per heavy atom. The van der Waals surface area contributed by atoms with Crippen molar-refractivity contribution in [1.29, 1.82) is 0 Å². The van der Waals surface area contributed by atoms with E-state index in [1.165, 1.54) is 16.7 Å². The lowest BCUT2D eigenvalue weighted by atomic mass is 9.79. The summed E-state index contributed by atoms with van der Waals surface area (Å²) in [5.41, 5.74) is 3.96. The average molecular weight is 192 g/mol. The predicted octanol–water partition coefficient (Wildman–Crippen LogP) is 4.89. The fraction of sp³-hybridized carbons (Fsp3) is 0.571. The summed E-state index contributed by atoms with van der Waals surface area (Å²) in [4.78, 5) is 0. The second-order valence-electron chi connectivity index (χ2n) is 5.05. The molecule has 0 rings (SSSR count). The van der Waals surface area contributed by atoms with E-state index in [1.54, 1.807) is 0 Å². The lowest BCUT2D eigenvalue weighted by Crippen LogP contribution is -2.13. The standard InChI is InChI=1S/C14H24/c1-11(2)8-9-13(5)10-14(6,7)12(3)4/h1,3,5,8-10H2,2,4,6-7H3. The van der Waals surface area contributed by atoms with Crippen LogP contribution in [0.4, 0.5) is 0 Å². The van der Waals surface area contributed by atoms with E-state index in [0.29, 0.717) is 0 Å². The highest BCUT2D eigenvalue weighted by Crippen LogP contribution is 2.33. The van der Waals surface area contributed by atoms with Gasteiger partial charge in [0, 0.05) is 0 Å². The van der Waals surface area contributed by atoms with E-state index in [0.717, 1.165) is 19.3 Å². The van der Waals surface area contributed by atoms with Crippen LogP contribution in [0.25, 0.3) is 0 Å². The Balaban J connectivity index is 4.06. The molecule has 0 fully saturated rings. The van der Waals surface area contributed by atoms with Crippen molar-refractivity contribution in [2.24, 2.45) is 5.41 Å². The molecule has 0 radical (unpaired) electrons. The Hall–Kier alpha value is -0.780. The lowest BCUT2D eigenvalue weighted by Gasteiger charge is -2.26. The molecule has 0 nitrogen and oxygen atoms in total. The number of rotatable bonds is 6. The zero-order valence-corrected chi connectivity index (χ0v) is 10.2. The van der Waals surface area contributed by atoms with Crippen LogP contribution in [0.15, 0.2) is 36.5 Å².